The van der Waals surface area contributed by atoms with Crippen molar-refractivity contribution in [3.05, 3.63) is 26.6 Å². The van der Waals surface area contributed by atoms with Gasteiger partial charge in [0.1, 0.15) is 0 Å². The zero-order valence-electron chi connectivity index (χ0n) is 6.80. The van der Waals surface area contributed by atoms with Crippen molar-refractivity contribution in [2.45, 2.75) is 11.3 Å². The van der Waals surface area contributed by atoms with E-state index < -0.39 is 6.43 Å². The Balaban J connectivity index is 2.82. The van der Waals surface area contributed by atoms with E-state index in [-0.39, 0.29) is 5.56 Å². The summed E-state index contributed by atoms with van der Waals surface area (Å²) in [4.78, 5) is 0.652. The third kappa shape index (κ3) is 1.65. The number of rotatable bonds is 1. The molecule has 0 spiro atoms. The largest absolute Gasteiger partial charge is 0.265 e. The third-order valence-corrected chi connectivity index (χ3v) is 4.68. The molecule has 0 nitrogen and oxygen atoms in total. The normalized spacial score (nSPS) is 11.5. The van der Waals surface area contributed by atoms with Crippen molar-refractivity contribution in [3.63, 3.8) is 0 Å². The fourth-order valence-electron chi connectivity index (χ4n) is 1.27. The number of benzene rings is 1. The molecular weight excluding hydrogens is 337 g/mol. The molecule has 0 fully saturated rings. The van der Waals surface area contributed by atoms with Crippen LogP contribution < -0.4 is 0 Å². The molecule has 0 bridgehead atoms. The summed E-state index contributed by atoms with van der Waals surface area (Å²) in [6.45, 7) is 0. The molecule has 5 heteroatoms. The summed E-state index contributed by atoms with van der Waals surface area (Å²) >= 11 is 7.69. The van der Waals surface area contributed by atoms with Crippen molar-refractivity contribution in [3.8, 4) is 0 Å². The average molecular weight is 342 g/mol. The first-order chi connectivity index (χ1) is 6.61. The Morgan fingerprint density at radius 2 is 2.07 bits per heavy atom. The molecule has 14 heavy (non-hydrogen) atoms. The molecule has 0 unspecified atom stereocenters. The molecule has 1 aromatic heterocycles. The van der Waals surface area contributed by atoms with E-state index in [9.17, 15) is 8.78 Å². The molecule has 74 valence electrons. The van der Waals surface area contributed by atoms with Crippen molar-refractivity contribution in [1.82, 2.24) is 0 Å². The zero-order valence-corrected chi connectivity index (χ0v) is 10.7. The van der Waals surface area contributed by atoms with Gasteiger partial charge in [-0.3, -0.25) is 0 Å². The second kappa shape index (κ2) is 3.94. The molecule has 0 radical (unpaired) electrons. The molecule has 0 N–H and O–H groups in total. The highest BCUT2D eigenvalue weighted by molar-refractivity contribution is 14.1. The maximum atomic E-state index is 12.6. The van der Waals surface area contributed by atoms with Crippen LogP contribution in [-0.4, -0.2) is 0 Å². The number of thiol groups is 1. The van der Waals surface area contributed by atoms with Gasteiger partial charge in [0.25, 0.3) is 6.43 Å². The van der Waals surface area contributed by atoms with Gasteiger partial charge < -0.3 is 0 Å². The van der Waals surface area contributed by atoms with E-state index in [0.29, 0.717) is 10.3 Å². The minimum absolute atomic E-state index is 0.0912. The summed E-state index contributed by atoms with van der Waals surface area (Å²) in [5.74, 6) is 0. The molecule has 2 rings (SSSR count). The Hall–Kier alpha value is 0.120. The maximum Gasteiger partial charge on any atom is 0.265 e. The van der Waals surface area contributed by atoms with Crippen LogP contribution in [0.15, 0.2) is 22.4 Å². The van der Waals surface area contributed by atoms with Crippen molar-refractivity contribution in [2.24, 2.45) is 0 Å². The van der Waals surface area contributed by atoms with Crippen LogP contribution in [0.3, 0.4) is 0 Å². The van der Waals surface area contributed by atoms with Crippen molar-refractivity contribution in [2.75, 3.05) is 0 Å². The van der Waals surface area contributed by atoms with E-state index in [1.54, 1.807) is 0 Å². The Kier molecular flexibility index (Phi) is 2.99. The van der Waals surface area contributed by atoms with E-state index >= 15 is 0 Å². The lowest BCUT2D eigenvalue weighted by Gasteiger charge is -2.02. The standard InChI is InChI=1S/C9H5F2IS2/c10-9(11)4-3-14-6-2-1-5(12)8(13)7(4)6/h1-3,9,13H. The fourth-order valence-corrected chi connectivity index (χ4v) is 3.08. The Bertz CT molecular complexity index is 479. The van der Waals surface area contributed by atoms with Gasteiger partial charge in [0.15, 0.2) is 0 Å². The summed E-state index contributed by atoms with van der Waals surface area (Å²) in [5.41, 5.74) is 0.0912. The van der Waals surface area contributed by atoms with E-state index in [4.69, 9.17) is 0 Å². The topological polar surface area (TPSA) is 0 Å². The smallest absolute Gasteiger partial charge is 0.205 e. The predicted molar refractivity (Wildman–Crippen MR) is 66.8 cm³/mol. The number of hydrogen-bond acceptors (Lipinski definition) is 2. The Labute approximate surface area is 103 Å². The molecule has 0 atom stereocenters. The lowest BCUT2D eigenvalue weighted by molar-refractivity contribution is 0.153. The highest BCUT2D eigenvalue weighted by Gasteiger charge is 2.16. The van der Waals surface area contributed by atoms with Crippen LogP contribution in [0.25, 0.3) is 10.1 Å². The van der Waals surface area contributed by atoms with Gasteiger partial charge >= 0.3 is 0 Å². The van der Waals surface area contributed by atoms with Crippen molar-refractivity contribution >= 4 is 56.6 Å². The summed E-state index contributed by atoms with van der Waals surface area (Å²) in [6.07, 6.45) is -2.42. The van der Waals surface area contributed by atoms with Gasteiger partial charge in [0, 0.05) is 29.5 Å². The maximum absolute atomic E-state index is 12.6. The summed E-state index contributed by atoms with van der Waals surface area (Å²) < 4.78 is 27.0. The van der Waals surface area contributed by atoms with Crippen LogP contribution in [0.5, 0.6) is 0 Å². The zero-order chi connectivity index (χ0) is 10.3. The van der Waals surface area contributed by atoms with Crippen LogP contribution in [0, 0.1) is 3.57 Å². The van der Waals surface area contributed by atoms with Crippen LogP contribution in [0.4, 0.5) is 8.78 Å². The lowest BCUT2D eigenvalue weighted by atomic mass is 10.2. The quantitative estimate of drug-likeness (QED) is 0.562. The van der Waals surface area contributed by atoms with Crippen molar-refractivity contribution < 1.29 is 8.78 Å². The number of halogens is 3. The number of fused-ring (bicyclic) bond motifs is 1. The predicted octanol–water partition coefficient (Wildman–Crippen LogP) is 4.73. The number of hydrogen-bond donors (Lipinski definition) is 1. The SMILES string of the molecule is FC(F)c1csc2ccc(I)c(S)c12. The summed E-state index contributed by atoms with van der Waals surface area (Å²) in [5, 5.41) is 2.10. The molecule has 2 aromatic rings. The van der Waals surface area contributed by atoms with E-state index in [2.05, 4.69) is 35.2 Å². The fraction of sp³-hybridized carbons (Fsp3) is 0.111. The molecule has 1 heterocycles. The van der Waals surface area contributed by atoms with Crippen LogP contribution in [-0.2, 0) is 0 Å². The van der Waals surface area contributed by atoms with E-state index in [1.165, 1.54) is 16.7 Å². The minimum Gasteiger partial charge on any atom is -0.205 e. The average Bonchev–Trinajstić information content (AvgIpc) is 2.55. The van der Waals surface area contributed by atoms with Crippen LogP contribution in [0.1, 0.15) is 12.0 Å². The molecular formula is C9H5F2IS2. The first-order valence-corrected chi connectivity index (χ1v) is 6.18. The molecule has 0 aliphatic rings. The molecule has 0 saturated carbocycles. The van der Waals surface area contributed by atoms with Gasteiger partial charge in [-0.2, -0.15) is 0 Å². The Morgan fingerprint density at radius 1 is 1.36 bits per heavy atom. The monoisotopic (exact) mass is 342 g/mol. The third-order valence-electron chi connectivity index (χ3n) is 1.93. The molecule has 0 aliphatic heterocycles. The number of alkyl halides is 2. The summed E-state index contributed by atoms with van der Waals surface area (Å²) in [6, 6.07) is 3.74. The van der Waals surface area contributed by atoms with Crippen LogP contribution >= 0.6 is 46.6 Å². The van der Waals surface area contributed by atoms with Crippen LogP contribution in [0.2, 0.25) is 0 Å². The van der Waals surface area contributed by atoms with Gasteiger partial charge in [-0.05, 0) is 34.7 Å². The highest BCUT2D eigenvalue weighted by atomic mass is 127. The van der Waals surface area contributed by atoms with Gasteiger partial charge in [-0.15, -0.1) is 24.0 Å². The Morgan fingerprint density at radius 3 is 2.71 bits per heavy atom. The highest BCUT2D eigenvalue weighted by Crippen LogP contribution is 2.38. The molecule has 1 aromatic carbocycles. The number of thiophene rings is 1. The van der Waals surface area contributed by atoms with Gasteiger partial charge in [0.05, 0.1) is 0 Å². The molecule has 0 saturated heterocycles. The second-order valence-electron chi connectivity index (χ2n) is 2.76. The molecule has 0 amide bonds. The van der Waals surface area contributed by atoms with E-state index in [0.717, 1.165) is 8.27 Å². The lowest BCUT2D eigenvalue weighted by Crippen LogP contribution is -1.83. The van der Waals surface area contributed by atoms with Gasteiger partial charge in [-0.25, -0.2) is 8.78 Å². The second-order valence-corrected chi connectivity index (χ2v) is 5.28. The minimum atomic E-state index is -2.42. The van der Waals surface area contributed by atoms with Crippen molar-refractivity contribution in [1.29, 1.82) is 0 Å². The first kappa shape index (κ1) is 10.6. The van der Waals surface area contributed by atoms with Gasteiger partial charge in [0.2, 0.25) is 0 Å². The molecule has 0 aliphatic carbocycles. The van der Waals surface area contributed by atoms with E-state index in [1.807, 2.05) is 12.1 Å². The summed E-state index contributed by atoms with van der Waals surface area (Å²) in [7, 11) is 0. The van der Waals surface area contributed by atoms with Gasteiger partial charge in [-0.1, -0.05) is 0 Å². The first-order valence-electron chi connectivity index (χ1n) is 3.78.